The zero-order chi connectivity index (χ0) is 10.6. The van der Waals surface area contributed by atoms with Gasteiger partial charge in [-0.15, -0.1) is 11.3 Å². The maximum absolute atomic E-state index is 5.65. The summed E-state index contributed by atoms with van der Waals surface area (Å²) >= 11 is 1.58. The molecule has 0 aliphatic rings. The highest BCUT2D eigenvalue weighted by Crippen LogP contribution is 2.25. The molecule has 4 heteroatoms. The third-order valence-corrected chi connectivity index (χ3v) is 3.39. The molecule has 0 radical (unpaired) electrons. The second kappa shape index (κ2) is 5.32. The lowest BCUT2D eigenvalue weighted by Gasteiger charge is -2.11. The van der Waals surface area contributed by atoms with Crippen molar-refractivity contribution in [1.29, 1.82) is 0 Å². The molecule has 0 bridgehead atoms. The van der Waals surface area contributed by atoms with E-state index in [1.165, 1.54) is 17.7 Å². The molecule has 0 saturated heterocycles. The van der Waals surface area contributed by atoms with E-state index in [0.717, 1.165) is 12.2 Å². The summed E-state index contributed by atoms with van der Waals surface area (Å²) in [5, 5.41) is 4.14. The number of nitrogens with zero attached hydrogens (tertiary/aromatic N) is 1. The van der Waals surface area contributed by atoms with Gasteiger partial charge in [-0.05, 0) is 26.8 Å². The van der Waals surface area contributed by atoms with E-state index in [1.807, 2.05) is 6.92 Å². The van der Waals surface area contributed by atoms with E-state index in [4.69, 9.17) is 5.73 Å². The Morgan fingerprint density at radius 3 is 2.79 bits per heavy atom. The van der Waals surface area contributed by atoms with Gasteiger partial charge in [0.1, 0.15) is 0 Å². The number of unbranched alkanes of at least 4 members (excludes halogenated alkanes) is 1. The van der Waals surface area contributed by atoms with Crippen LogP contribution in [0.3, 0.4) is 0 Å². The fraction of sp³-hybridized carbons (Fsp3) is 0.700. The van der Waals surface area contributed by atoms with Gasteiger partial charge in [-0.2, -0.15) is 0 Å². The number of thiazole rings is 1. The maximum atomic E-state index is 5.65. The van der Waals surface area contributed by atoms with Gasteiger partial charge in [-0.25, -0.2) is 4.98 Å². The van der Waals surface area contributed by atoms with Crippen molar-refractivity contribution in [3.05, 3.63) is 10.6 Å². The van der Waals surface area contributed by atoms with E-state index in [-0.39, 0.29) is 0 Å². The van der Waals surface area contributed by atoms with Gasteiger partial charge in [0, 0.05) is 10.9 Å². The van der Waals surface area contributed by atoms with Gasteiger partial charge in [0.2, 0.25) is 0 Å². The Hall–Kier alpha value is -0.610. The molecule has 1 unspecified atom stereocenters. The van der Waals surface area contributed by atoms with Crippen molar-refractivity contribution in [2.75, 3.05) is 12.3 Å². The van der Waals surface area contributed by atoms with Gasteiger partial charge >= 0.3 is 0 Å². The van der Waals surface area contributed by atoms with Crippen LogP contribution in [0.5, 0.6) is 0 Å². The number of nitrogen functional groups attached to an aromatic ring is 1. The molecule has 1 rings (SSSR count). The summed E-state index contributed by atoms with van der Waals surface area (Å²) in [6.07, 6.45) is 2.45. The van der Waals surface area contributed by atoms with Crippen molar-refractivity contribution in [1.82, 2.24) is 10.3 Å². The minimum atomic E-state index is 0.372. The smallest absolute Gasteiger partial charge is 0.180 e. The first kappa shape index (κ1) is 11.5. The molecular formula is C10H19N3S. The molecule has 0 amide bonds. The average Bonchev–Trinajstić information content (AvgIpc) is 2.45. The highest BCUT2D eigenvalue weighted by molar-refractivity contribution is 7.15. The average molecular weight is 213 g/mol. The molecule has 80 valence electrons. The van der Waals surface area contributed by atoms with Crippen LogP contribution in [0.25, 0.3) is 0 Å². The van der Waals surface area contributed by atoms with Gasteiger partial charge < -0.3 is 11.1 Å². The van der Waals surface area contributed by atoms with E-state index in [9.17, 15) is 0 Å². The van der Waals surface area contributed by atoms with Crippen molar-refractivity contribution >= 4 is 16.5 Å². The Balaban J connectivity index is 2.51. The van der Waals surface area contributed by atoms with E-state index in [0.29, 0.717) is 11.2 Å². The highest BCUT2D eigenvalue weighted by Gasteiger charge is 2.11. The predicted octanol–water partition coefficient (Wildman–Crippen LogP) is 2.48. The summed E-state index contributed by atoms with van der Waals surface area (Å²) in [7, 11) is 0. The lowest BCUT2D eigenvalue weighted by atomic mass is 10.2. The van der Waals surface area contributed by atoms with E-state index >= 15 is 0 Å². The van der Waals surface area contributed by atoms with Crippen molar-refractivity contribution < 1.29 is 0 Å². The van der Waals surface area contributed by atoms with Crippen molar-refractivity contribution in [2.24, 2.45) is 0 Å². The number of hydrogen-bond acceptors (Lipinski definition) is 4. The number of nitrogens with one attached hydrogen (secondary N) is 1. The van der Waals surface area contributed by atoms with Crippen LogP contribution < -0.4 is 11.1 Å². The molecule has 14 heavy (non-hydrogen) atoms. The first-order valence-electron chi connectivity index (χ1n) is 5.11. The SMILES string of the molecule is CCCCNC(C)c1sc(N)nc1C. The Morgan fingerprint density at radius 2 is 2.29 bits per heavy atom. The van der Waals surface area contributed by atoms with Crippen LogP contribution in [0.2, 0.25) is 0 Å². The molecule has 3 nitrogen and oxygen atoms in total. The quantitative estimate of drug-likeness (QED) is 0.739. The summed E-state index contributed by atoms with van der Waals surface area (Å²) in [6.45, 7) is 7.44. The predicted molar refractivity (Wildman–Crippen MR) is 62.6 cm³/mol. The van der Waals surface area contributed by atoms with Crippen LogP contribution in [-0.2, 0) is 0 Å². The minimum absolute atomic E-state index is 0.372. The summed E-state index contributed by atoms with van der Waals surface area (Å²) in [6, 6.07) is 0.372. The molecule has 0 spiro atoms. The fourth-order valence-electron chi connectivity index (χ4n) is 1.42. The monoisotopic (exact) mass is 213 g/mol. The molecule has 0 aliphatic carbocycles. The number of anilines is 1. The first-order chi connectivity index (χ1) is 6.65. The summed E-state index contributed by atoms with van der Waals surface area (Å²) in [5.41, 5.74) is 6.71. The Kier molecular flexibility index (Phi) is 4.35. The molecule has 0 fully saturated rings. The zero-order valence-corrected chi connectivity index (χ0v) is 9.95. The molecule has 3 N–H and O–H groups in total. The molecule has 1 atom stereocenters. The molecule has 1 aromatic rings. The number of nitrogens with two attached hydrogens (primary N) is 1. The van der Waals surface area contributed by atoms with Crippen molar-refractivity contribution in [2.45, 2.75) is 39.7 Å². The second-order valence-corrected chi connectivity index (χ2v) is 4.59. The van der Waals surface area contributed by atoms with Crippen LogP contribution in [0.1, 0.15) is 43.3 Å². The molecular weight excluding hydrogens is 194 g/mol. The van der Waals surface area contributed by atoms with Gasteiger partial charge in [-0.1, -0.05) is 13.3 Å². The van der Waals surface area contributed by atoms with E-state index in [1.54, 1.807) is 11.3 Å². The Morgan fingerprint density at radius 1 is 1.57 bits per heavy atom. The van der Waals surface area contributed by atoms with Crippen LogP contribution in [0.15, 0.2) is 0 Å². The van der Waals surface area contributed by atoms with Crippen LogP contribution in [0, 0.1) is 6.92 Å². The lowest BCUT2D eigenvalue weighted by molar-refractivity contribution is 0.558. The third-order valence-electron chi connectivity index (χ3n) is 2.22. The second-order valence-electron chi connectivity index (χ2n) is 3.53. The molecule has 0 aromatic carbocycles. The van der Waals surface area contributed by atoms with Crippen molar-refractivity contribution in [3.63, 3.8) is 0 Å². The number of aryl methyl sites for hydroxylation is 1. The number of rotatable bonds is 5. The van der Waals surface area contributed by atoms with Gasteiger partial charge in [0.25, 0.3) is 0 Å². The molecule has 0 saturated carbocycles. The molecule has 1 aromatic heterocycles. The summed E-state index contributed by atoms with van der Waals surface area (Å²) < 4.78 is 0. The standard InChI is InChI=1S/C10H19N3S/c1-4-5-6-12-7(2)9-8(3)13-10(11)14-9/h7,12H,4-6H2,1-3H3,(H2,11,13). The maximum Gasteiger partial charge on any atom is 0.180 e. The lowest BCUT2D eigenvalue weighted by Crippen LogP contribution is -2.19. The molecule has 0 aliphatic heterocycles. The largest absolute Gasteiger partial charge is 0.375 e. The number of aromatic nitrogens is 1. The van der Waals surface area contributed by atoms with Gasteiger partial charge in [0.05, 0.1) is 5.69 Å². The highest BCUT2D eigenvalue weighted by atomic mass is 32.1. The number of hydrogen-bond donors (Lipinski definition) is 2. The van der Waals surface area contributed by atoms with Crippen LogP contribution in [-0.4, -0.2) is 11.5 Å². The Bertz CT molecular complexity index is 283. The van der Waals surface area contributed by atoms with Crippen LogP contribution in [0.4, 0.5) is 5.13 Å². The van der Waals surface area contributed by atoms with Gasteiger partial charge in [0.15, 0.2) is 5.13 Å². The van der Waals surface area contributed by atoms with Gasteiger partial charge in [-0.3, -0.25) is 0 Å². The zero-order valence-electron chi connectivity index (χ0n) is 9.13. The Labute approximate surface area is 89.7 Å². The fourth-order valence-corrected chi connectivity index (χ4v) is 2.28. The summed E-state index contributed by atoms with van der Waals surface area (Å²) in [4.78, 5) is 5.48. The van der Waals surface area contributed by atoms with E-state index < -0.39 is 0 Å². The topological polar surface area (TPSA) is 50.9 Å². The minimum Gasteiger partial charge on any atom is -0.375 e. The summed E-state index contributed by atoms with van der Waals surface area (Å²) in [5.74, 6) is 0. The van der Waals surface area contributed by atoms with Crippen molar-refractivity contribution in [3.8, 4) is 0 Å². The third kappa shape index (κ3) is 2.96. The molecule has 1 heterocycles. The first-order valence-corrected chi connectivity index (χ1v) is 5.93. The van der Waals surface area contributed by atoms with E-state index in [2.05, 4.69) is 24.1 Å². The van der Waals surface area contributed by atoms with Crippen LogP contribution >= 0.6 is 11.3 Å². The normalized spacial score (nSPS) is 13.1.